The first kappa shape index (κ1) is 14.0. The van der Waals surface area contributed by atoms with Crippen LogP contribution in [0, 0.1) is 0 Å². The topological polar surface area (TPSA) is 30.9 Å². The van der Waals surface area contributed by atoms with Gasteiger partial charge in [0, 0.05) is 46.3 Å². The van der Waals surface area contributed by atoms with Gasteiger partial charge in [-0.3, -0.25) is 9.89 Å². The van der Waals surface area contributed by atoms with E-state index >= 15 is 0 Å². The van der Waals surface area contributed by atoms with Crippen LogP contribution in [0.3, 0.4) is 0 Å². The van der Waals surface area contributed by atoms with Crippen LogP contribution in [0.5, 0.6) is 0 Å². The molecule has 2 aliphatic rings. The van der Waals surface area contributed by atoms with E-state index in [4.69, 9.17) is 0 Å². The molecule has 1 saturated heterocycles. The lowest BCUT2D eigenvalue weighted by atomic mass is 10.3. The molecule has 1 atom stereocenters. The van der Waals surface area contributed by atoms with Gasteiger partial charge in [-0.2, -0.15) is 0 Å². The number of nitrogens with zero attached hydrogens (tertiary/aromatic N) is 3. The number of rotatable bonds is 2. The zero-order valence-electron chi connectivity index (χ0n) is 10.4. The van der Waals surface area contributed by atoms with E-state index in [2.05, 4.69) is 15.2 Å². The molecule has 16 heavy (non-hydrogen) atoms. The van der Waals surface area contributed by atoms with Gasteiger partial charge in [0.15, 0.2) is 5.96 Å². The van der Waals surface area contributed by atoms with Crippen LogP contribution in [0.15, 0.2) is 4.99 Å². The van der Waals surface area contributed by atoms with Crippen molar-refractivity contribution in [3.63, 3.8) is 0 Å². The summed E-state index contributed by atoms with van der Waals surface area (Å²) in [5.74, 6) is 0.998. The van der Waals surface area contributed by atoms with Crippen LogP contribution in [0.4, 0.5) is 0 Å². The predicted octanol–water partition coefficient (Wildman–Crippen LogP) is 0.978. The number of halogens is 1. The minimum atomic E-state index is 0. The molecule has 0 aromatic heterocycles. The Bertz CT molecular complexity index is 250. The Morgan fingerprint density at radius 1 is 1.31 bits per heavy atom. The standard InChI is InChI=1S/C11H22N4.HI/c1-12-11(14(2)3)13-9-6-7-15(8-9)10-4-5-10;/h9-10H,4-8H2,1-3H3,(H,12,13);1H. The van der Waals surface area contributed by atoms with Crippen LogP contribution >= 0.6 is 24.0 Å². The molecule has 1 aliphatic heterocycles. The van der Waals surface area contributed by atoms with Gasteiger partial charge >= 0.3 is 0 Å². The quantitative estimate of drug-likeness (QED) is 0.463. The second-order valence-electron chi connectivity index (χ2n) is 4.80. The average Bonchev–Trinajstić information content (AvgIpc) is 2.95. The first-order chi connectivity index (χ1) is 7.20. The van der Waals surface area contributed by atoms with Gasteiger partial charge in [0.25, 0.3) is 0 Å². The Morgan fingerprint density at radius 3 is 2.50 bits per heavy atom. The maximum Gasteiger partial charge on any atom is 0.193 e. The van der Waals surface area contributed by atoms with Crippen molar-refractivity contribution in [1.82, 2.24) is 15.1 Å². The zero-order chi connectivity index (χ0) is 10.8. The van der Waals surface area contributed by atoms with Crippen molar-refractivity contribution in [1.29, 1.82) is 0 Å². The fraction of sp³-hybridized carbons (Fsp3) is 0.909. The Labute approximate surface area is 115 Å². The lowest BCUT2D eigenvalue weighted by molar-refractivity contribution is 0.321. The van der Waals surface area contributed by atoms with Gasteiger partial charge in [-0.05, 0) is 19.3 Å². The molecule has 0 radical (unpaired) electrons. The molecule has 94 valence electrons. The van der Waals surface area contributed by atoms with E-state index in [9.17, 15) is 0 Å². The minimum absolute atomic E-state index is 0. The van der Waals surface area contributed by atoms with Crippen LogP contribution in [0.2, 0.25) is 0 Å². The molecule has 4 nitrogen and oxygen atoms in total. The molecule has 0 aromatic rings. The number of likely N-dealkylation sites (tertiary alicyclic amines) is 1. The third kappa shape index (κ3) is 3.48. The predicted molar refractivity (Wildman–Crippen MR) is 78.6 cm³/mol. The maximum atomic E-state index is 4.25. The fourth-order valence-corrected chi connectivity index (χ4v) is 2.25. The summed E-state index contributed by atoms with van der Waals surface area (Å²) >= 11 is 0. The SMILES string of the molecule is CN=C(NC1CCN(C2CC2)C1)N(C)C.I. The second kappa shape index (κ2) is 6.05. The van der Waals surface area contributed by atoms with Gasteiger partial charge in [-0.25, -0.2) is 0 Å². The van der Waals surface area contributed by atoms with Crippen molar-refractivity contribution < 1.29 is 0 Å². The zero-order valence-corrected chi connectivity index (χ0v) is 12.8. The molecule has 0 aromatic carbocycles. The van der Waals surface area contributed by atoms with Gasteiger partial charge in [-0.1, -0.05) is 0 Å². The van der Waals surface area contributed by atoms with Gasteiger partial charge in [0.2, 0.25) is 0 Å². The lowest BCUT2D eigenvalue weighted by Crippen LogP contribution is -2.44. The first-order valence-corrected chi connectivity index (χ1v) is 5.85. The highest BCUT2D eigenvalue weighted by Gasteiger charge is 2.34. The van der Waals surface area contributed by atoms with Crippen molar-refractivity contribution in [3.8, 4) is 0 Å². The van der Waals surface area contributed by atoms with Gasteiger partial charge < -0.3 is 10.2 Å². The molecule has 1 saturated carbocycles. The van der Waals surface area contributed by atoms with Crippen LogP contribution in [0.1, 0.15) is 19.3 Å². The molecule has 2 rings (SSSR count). The Hall–Kier alpha value is -0.0400. The normalized spacial score (nSPS) is 26.4. The van der Waals surface area contributed by atoms with Gasteiger partial charge in [0.05, 0.1) is 0 Å². The molecular weight excluding hydrogens is 315 g/mol. The largest absolute Gasteiger partial charge is 0.352 e. The summed E-state index contributed by atoms with van der Waals surface area (Å²) in [6, 6.07) is 1.49. The third-order valence-corrected chi connectivity index (χ3v) is 3.25. The van der Waals surface area contributed by atoms with Crippen LogP contribution in [-0.4, -0.2) is 62.1 Å². The molecular formula is C11H23IN4. The van der Waals surface area contributed by atoms with E-state index in [1.807, 2.05) is 26.0 Å². The van der Waals surface area contributed by atoms with Crippen molar-refractivity contribution >= 4 is 29.9 Å². The number of aliphatic imine (C=N–C) groups is 1. The van der Waals surface area contributed by atoms with Crippen molar-refractivity contribution in [2.75, 3.05) is 34.2 Å². The van der Waals surface area contributed by atoms with Crippen LogP contribution in [-0.2, 0) is 0 Å². The van der Waals surface area contributed by atoms with E-state index in [1.165, 1.54) is 32.4 Å². The van der Waals surface area contributed by atoms with E-state index < -0.39 is 0 Å². The van der Waals surface area contributed by atoms with E-state index in [0.717, 1.165) is 12.0 Å². The highest BCUT2D eigenvalue weighted by Crippen LogP contribution is 2.29. The van der Waals surface area contributed by atoms with E-state index in [1.54, 1.807) is 0 Å². The Balaban J connectivity index is 0.00000128. The highest BCUT2D eigenvalue weighted by atomic mass is 127. The highest BCUT2D eigenvalue weighted by molar-refractivity contribution is 14.0. The van der Waals surface area contributed by atoms with Crippen LogP contribution < -0.4 is 5.32 Å². The van der Waals surface area contributed by atoms with E-state index in [-0.39, 0.29) is 24.0 Å². The van der Waals surface area contributed by atoms with Gasteiger partial charge in [0.1, 0.15) is 0 Å². The summed E-state index contributed by atoms with van der Waals surface area (Å²) in [6.45, 7) is 2.45. The summed E-state index contributed by atoms with van der Waals surface area (Å²) in [7, 11) is 5.90. The first-order valence-electron chi connectivity index (χ1n) is 5.85. The fourth-order valence-electron chi connectivity index (χ4n) is 2.25. The second-order valence-corrected chi connectivity index (χ2v) is 4.80. The molecule has 1 aliphatic carbocycles. The lowest BCUT2D eigenvalue weighted by Gasteiger charge is -2.21. The Kier molecular flexibility index (Phi) is 5.30. The molecule has 1 N–H and O–H groups in total. The van der Waals surface area contributed by atoms with Crippen molar-refractivity contribution in [3.05, 3.63) is 0 Å². The number of hydrogen-bond acceptors (Lipinski definition) is 2. The summed E-state index contributed by atoms with van der Waals surface area (Å²) in [4.78, 5) is 8.90. The Morgan fingerprint density at radius 2 is 2.00 bits per heavy atom. The number of guanidine groups is 1. The maximum absolute atomic E-state index is 4.25. The minimum Gasteiger partial charge on any atom is -0.352 e. The van der Waals surface area contributed by atoms with Crippen molar-refractivity contribution in [2.24, 2.45) is 4.99 Å². The summed E-state index contributed by atoms with van der Waals surface area (Å²) in [5.41, 5.74) is 0. The van der Waals surface area contributed by atoms with Crippen LogP contribution in [0.25, 0.3) is 0 Å². The summed E-state index contributed by atoms with van der Waals surface area (Å²) in [6.07, 6.45) is 4.08. The molecule has 5 heteroatoms. The molecule has 1 unspecified atom stereocenters. The number of nitrogens with one attached hydrogen (secondary N) is 1. The van der Waals surface area contributed by atoms with Gasteiger partial charge in [-0.15, -0.1) is 24.0 Å². The summed E-state index contributed by atoms with van der Waals surface area (Å²) < 4.78 is 0. The monoisotopic (exact) mass is 338 g/mol. The molecule has 0 spiro atoms. The molecule has 2 fully saturated rings. The molecule has 0 amide bonds. The number of hydrogen-bond donors (Lipinski definition) is 1. The summed E-state index contributed by atoms with van der Waals surface area (Å²) in [5, 5.41) is 3.51. The third-order valence-electron chi connectivity index (χ3n) is 3.25. The average molecular weight is 338 g/mol. The molecule has 0 bridgehead atoms. The van der Waals surface area contributed by atoms with Crippen molar-refractivity contribution in [2.45, 2.75) is 31.3 Å². The molecule has 1 heterocycles. The smallest absolute Gasteiger partial charge is 0.193 e. The van der Waals surface area contributed by atoms with E-state index in [0.29, 0.717) is 6.04 Å².